The van der Waals surface area contributed by atoms with E-state index in [1.165, 1.54) is 36.1 Å². The zero-order chi connectivity index (χ0) is 15.1. The van der Waals surface area contributed by atoms with E-state index in [4.69, 9.17) is 0 Å². The van der Waals surface area contributed by atoms with Crippen LogP contribution in [0.3, 0.4) is 0 Å². The molecule has 0 bridgehead atoms. The molecule has 3 nitrogen and oxygen atoms in total. The van der Waals surface area contributed by atoms with Crippen LogP contribution >= 0.6 is 11.3 Å². The monoisotopic (exact) mass is 306 g/mol. The molecule has 1 heterocycles. The first-order chi connectivity index (χ1) is 10.2. The Morgan fingerprint density at radius 1 is 1.48 bits per heavy atom. The van der Waals surface area contributed by atoms with Crippen molar-refractivity contribution in [3.05, 3.63) is 34.0 Å². The number of hydrogen-bond acceptors (Lipinski definition) is 3. The molecule has 1 amide bonds. The van der Waals surface area contributed by atoms with Gasteiger partial charge < -0.3 is 5.32 Å². The number of rotatable bonds is 7. The quantitative estimate of drug-likeness (QED) is 0.778. The second-order valence-electron chi connectivity index (χ2n) is 5.81. The first-order valence-electron chi connectivity index (χ1n) is 7.85. The summed E-state index contributed by atoms with van der Waals surface area (Å²) in [5.41, 5.74) is 1.52. The van der Waals surface area contributed by atoms with Crippen molar-refractivity contribution in [2.45, 2.75) is 45.1 Å². The van der Waals surface area contributed by atoms with Crippen molar-refractivity contribution < 1.29 is 4.79 Å². The average Bonchev–Trinajstić information content (AvgIpc) is 3.01. The molecule has 0 aliphatic heterocycles. The number of amides is 1. The molecule has 0 spiro atoms. The predicted molar refractivity (Wildman–Crippen MR) is 89.5 cm³/mol. The van der Waals surface area contributed by atoms with E-state index in [1.54, 1.807) is 11.3 Å². The van der Waals surface area contributed by atoms with Crippen LogP contribution < -0.4 is 5.32 Å². The summed E-state index contributed by atoms with van der Waals surface area (Å²) in [5.74, 6) is 0.123. The third-order valence-corrected chi connectivity index (χ3v) is 5.20. The number of nitrogens with one attached hydrogen (secondary N) is 1. The van der Waals surface area contributed by atoms with Crippen molar-refractivity contribution in [1.82, 2.24) is 10.2 Å². The summed E-state index contributed by atoms with van der Waals surface area (Å²) in [6.07, 6.45) is 8.41. The zero-order valence-electron chi connectivity index (χ0n) is 13.1. The maximum atomic E-state index is 12.0. The molecule has 0 aromatic carbocycles. The molecular weight excluding hydrogens is 280 g/mol. The van der Waals surface area contributed by atoms with Crippen LogP contribution in [0.4, 0.5) is 0 Å². The van der Waals surface area contributed by atoms with Crippen molar-refractivity contribution in [2.24, 2.45) is 0 Å². The molecule has 0 saturated heterocycles. The lowest BCUT2D eigenvalue weighted by atomic mass is 9.97. The molecule has 1 aromatic rings. The Labute approximate surface area is 132 Å². The number of likely N-dealkylation sites (N-methyl/N-ethyl adjacent to an activating group) is 1. The third-order valence-electron chi connectivity index (χ3n) is 4.16. The van der Waals surface area contributed by atoms with E-state index in [0.717, 1.165) is 13.0 Å². The second kappa shape index (κ2) is 8.35. The normalized spacial score (nSPS) is 16.6. The highest BCUT2D eigenvalue weighted by Crippen LogP contribution is 2.23. The van der Waals surface area contributed by atoms with Crippen molar-refractivity contribution in [2.75, 3.05) is 20.1 Å². The van der Waals surface area contributed by atoms with E-state index in [1.807, 2.05) is 7.05 Å². The van der Waals surface area contributed by atoms with E-state index in [-0.39, 0.29) is 11.9 Å². The minimum absolute atomic E-state index is 0.123. The Morgan fingerprint density at radius 2 is 2.33 bits per heavy atom. The molecule has 21 heavy (non-hydrogen) atoms. The summed E-state index contributed by atoms with van der Waals surface area (Å²) in [5, 5.41) is 5.12. The van der Waals surface area contributed by atoms with E-state index >= 15 is 0 Å². The van der Waals surface area contributed by atoms with Gasteiger partial charge in [-0.2, -0.15) is 0 Å². The van der Waals surface area contributed by atoms with Gasteiger partial charge >= 0.3 is 0 Å². The van der Waals surface area contributed by atoms with E-state index in [2.05, 4.69) is 40.7 Å². The molecule has 1 atom stereocenters. The highest BCUT2D eigenvalue weighted by Gasteiger charge is 2.15. The van der Waals surface area contributed by atoms with Gasteiger partial charge in [-0.3, -0.25) is 9.69 Å². The van der Waals surface area contributed by atoms with Gasteiger partial charge in [0, 0.05) is 17.5 Å². The standard InChI is InChI=1S/C17H26N2OS/c1-14(16-9-6-12-21-16)19(2)13-17(20)18-11-10-15-7-4-3-5-8-15/h6-7,9,12,14H,3-5,8,10-11,13H2,1-2H3,(H,18,20). The van der Waals surface area contributed by atoms with Crippen LogP contribution in [0.15, 0.2) is 29.2 Å². The van der Waals surface area contributed by atoms with Gasteiger partial charge in [-0.1, -0.05) is 17.7 Å². The Balaban J connectivity index is 1.67. The summed E-state index contributed by atoms with van der Waals surface area (Å²) >= 11 is 1.74. The Hall–Kier alpha value is -1.13. The second-order valence-corrected chi connectivity index (χ2v) is 6.79. The Kier molecular flexibility index (Phi) is 6.46. The van der Waals surface area contributed by atoms with Gasteiger partial charge in [0.25, 0.3) is 0 Å². The molecule has 0 fully saturated rings. The number of carbonyl (C=O) groups excluding carboxylic acids is 1. The fourth-order valence-electron chi connectivity index (χ4n) is 2.66. The van der Waals surface area contributed by atoms with E-state index in [9.17, 15) is 4.79 Å². The van der Waals surface area contributed by atoms with Gasteiger partial charge in [-0.15, -0.1) is 11.3 Å². The Bertz CT molecular complexity index is 467. The molecule has 2 rings (SSSR count). The molecule has 1 unspecified atom stereocenters. The van der Waals surface area contributed by atoms with Crippen molar-refractivity contribution in [1.29, 1.82) is 0 Å². The topological polar surface area (TPSA) is 32.3 Å². The van der Waals surface area contributed by atoms with Crippen molar-refractivity contribution in [3.8, 4) is 0 Å². The third kappa shape index (κ3) is 5.29. The van der Waals surface area contributed by atoms with Gasteiger partial charge in [0.2, 0.25) is 5.91 Å². The number of thiophene rings is 1. The molecule has 1 aliphatic rings. The lowest BCUT2D eigenvalue weighted by Gasteiger charge is -2.23. The highest BCUT2D eigenvalue weighted by atomic mass is 32.1. The summed E-state index contributed by atoms with van der Waals surface area (Å²) < 4.78 is 0. The molecule has 116 valence electrons. The number of carbonyl (C=O) groups is 1. The summed E-state index contributed by atoms with van der Waals surface area (Å²) in [4.78, 5) is 15.4. The smallest absolute Gasteiger partial charge is 0.234 e. The molecule has 4 heteroatoms. The fourth-order valence-corrected chi connectivity index (χ4v) is 3.51. The molecule has 1 aromatic heterocycles. The minimum Gasteiger partial charge on any atom is -0.355 e. The molecule has 0 saturated carbocycles. The molecule has 1 aliphatic carbocycles. The molecule has 1 N–H and O–H groups in total. The van der Waals surface area contributed by atoms with Gasteiger partial charge in [0.05, 0.1) is 6.54 Å². The maximum Gasteiger partial charge on any atom is 0.234 e. The Morgan fingerprint density at radius 3 is 3.00 bits per heavy atom. The predicted octanol–water partition coefficient (Wildman–Crippen LogP) is 3.75. The van der Waals surface area contributed by atoms with Crippen LogP contribution in [0.2, 0.25) is 0 Å². The first kappa shape index (κ1) is 16.2. The summed E-state index contributed by atoms with van der Waals surface area (Å²) in [6, 6.07) is 4.47. The van der Waals surface area contributed by atoms with Gasteiger partial charge in [0.15, 0.2) is 0 Å². The SMILES string of the molecule is CC(c1cccs1)N(C)CC(=O)NCCC1=CCCCC1. The van der Waals surface area contributed by atoms with Crippen LogP contribution in [0.1, 0.15) is 49.9 Å². The summed E-state index contributed by atoms with van der Waals surface area (Å²) in [7, 11) is 2.01. The largest absolute Gasteiger partial charge is 0.355 e. The fraction of sp³-hybridized carbons (Fsp3) is 0.588. The maximum absolute atomic E-state index is 12.0. The number of hydrogen-bond donors (Lipinski definition) is 1. The van der Waals surface area contributed by atoms with Gasteiger partial charge in [-0.25, -0.2) is 0 Å². The lowest BCUT2D eigenvalue weighted by Crippen LogP contribution is -2.36. The van der Waals surface area contributed by atoms with Crippen molar-refractivity contribution >= 4 is 17.2 Å². The van der Waals surface area contributed by atoms with E-state index in [0.29, 0.717) is 6.54 Å². The zero-order valence-corrected chi connectivity index (χ0v) is 13.9. The van der Waals surface area contributed by atoms with Crippen LogP contribution in [-0.4, -0.2) is 30.9 Å². The number of nitrogens with zero attached hydrogens (tertiary/aromatic N) is 1. The summed E-state index contributed by atoms with van der Waals surface area (Å²) in [6.45, 7) is 3.37. The van der Waals surface area contributed by atoms with Crippen LogP contribution in [-0.2, 0) is 4.79 Å². The van der Waals surface area contributed by atoms with Crippen LogP contribution in [0, 0.1) is 0 Å². The van der Waals surface area contributed by atoms with Crippen LogP contribution in [0.25, 0.3) is 0 Å². The number of allylic oxidation sites excluding steroid dienone is 1. The average molecular weight is 306 g/mol. The lowest BCUT2D eigenvalue weighted by molar-refractivity contribution is -0.122. The van der Waals surface area contributed by atoms with Gasteiger partial charge in [-0.05, 0) is 57.5 Å². The minimum atomic E-state index is 0.123. The van der Waals surface area contributed by atoms with Gasteiger partial charge in [0.1, 0.15) is 0 Å². The first-order valence-corrected chi connectivity index (χ1v) is 8.73. The van der Waals surface area contributed by atoms with Crippen molar-refractivity contribution in [3.63, 3.8) is 0 Å². The van der Waals surface area contributed by atoms with Crippen LogP contribution in [0.5, 0.6) is 0 Å². The molecule has 0 radical (unpaired) electrons. The van der Waals surface area contributed by atoms with E-state index < -0.39 is 0 Å². The highest BCUT2D eigenvalue weighted by molar-refractivity contribution is 7.10. The molecular formula is C17H26N2OS.